The van der Waals surface area contributed by atoms with Gasteiger partial charge in [0.1, 0.15) is 0 Å². The SMILES string of the molecule is CC(C(=O)O)c1ccc(CN2CCNC(=O)C2(C)C)cc1. The summed E-state index contributed by atoms with van der Waals surface area (Å²) in [5, 5.41) is 11.9. The average molecular weight is 290 g/mol. The van der Waals surface area contributed by atoms with Crippen molar-refractivity contribution in [3.8, 4) is 0 Å². The van der Waals surface area contributed by atoms with E-state index in [0.717, 1.165) is 17.7 Å². The van der Waals surface area contributed by atoms with Gasteiger partial charge in [-0.1, -0.05) is 24.3 Å². The maximum atomic E-state index is 11.9. The zero-order valence-electron chi connectivity index (χ0n) is 12.7. The third kappa shape index (κ3) is 3.24. The molecule has 1 aliphatic rings. The molecule has 1 fully saturated rings. The summed E-state index contributed by atoms with van der Waals surface area (Å²) >= 11 is 0. The number of aliphatic carboxylic acids is 1. The van der Waals surface area contributed by atoms with Gasteiger partial charge in [0.2, 0.25) is 5.91 Å². The Morgan fingerprint density at radius 3 is 2.57 bits per heavy atom. The van der Waals surface area contributed by atoms with Crippen LogP contribution in [0.1, 0.15) is 37.8 Å². The Morgan fingerprint density at radius 1 is 1.38 bits per heavy atom. The van der Waals surface area contributed by atoms with Crippen molar-refractivity contribution in [2.45, 2.75) is 38.8 Å². The van der Waals surface area contributed by atoms with Crippen molar-refractivity contribution in [3.63, 3.8) is 0 Å². The highest BCUT2D eigenvalue weighted by atomic mass is 16.4. The number of amides is 1. The maximum Gasteiger partial charge on any atom is 0.310 e. The number of carbonyl (C=O) groups is 2. The Kier molecular flexibility index (Phi) is 4.32. The van der Waals surface area contributed by atoms with Gasteiger partial charge in [0.25, 0.3) is 0 Å². The Morgan fingerprint density at radius 2 is 2.00 bits per heavy atom. The zero-order chi connectivity index (χ0) is 15.6. The summed E-state index contributed by atoms with van der Waals surface area (Å²) in [5.74, 6) is -1.28. The number of hydrogen-bond acceptors (Lipinski definition) is 3. The first-order valence-electron chi connectivity index (χ1n) is 7.17. The van der Waals surface area contributed by atoms with E-state index < -0.39 is 17.4 Å². The van der Waals surface area contributed by atoms with Crippen molar-refractivity contribution in [1.82, 2.24) is 10.2 Å². The van der Waals surface area contributed by atoms with E-state index in [4.69, 9.17) is 5.11 Å². The molecule has 0 aromatic heterocycles. The second-order valence-electron chi connectivity index (χ2n) is 6.04. The molecule has 0 radical (unpaired) electrons. The first-order chi connectivity index (χ1) is 9.82. The Balaban J connectivity index is 2.10. The molecular formula is C16H22N2O3. The van der Waals surface area contributed by atoms with Crippen LogP contribution in [-0.4, -0.2) is 40.5 Å². The quantitative estimate of drug-likeness (QED) is 0.883. The molecule has 1 unspecified atom stereocenters. The van der Waals surface area contributed by atoms with Crippen LogP contribution in [-0.2, 0) is 16.1 Å². The number of nitrogens with zero attached hydrogens (tertiary/aromatic N) is 1. The number of hydrogen-bond donors (Lipinski definition) is 2. The van der Waals surface area contributed by atoms with E-state index in [1.54, 1.807) is 6.92 Å². The molecule has 2 rings (SSSR count). The zero-order valence-corrected chi connectivity index (χ0v) is 12.7. The number of nitrogens with one attached hydrogen (secondary N) is 1. The van der Waals surface area contributed by atoms with E-state index in [1.807, 2.05) is 38.1 Å². The first-order valence-corrected chi connectivity index (χ1v) is 7.17. The van der Waals surface area contributed by atoms with E-state index in [0.29, 0.717) is 13.1 Å². The molecule has 5 heteroatoms. The fourth-order valence-electron chi connectivity index (χ4n) is 2.50. The molecule has 1 aromatic carbocycles. The van der Waals surface area contributed by atoms with Crippen molar-refractivity contribution in [2.24, 2.45) is 0 Å². The lowest BCUT2D eigenvalue weighted by Crippen LogP contribution is -2.61. The molecule has 0 aliphatic carbocycles. The van der Waals surface area contributed by atoms with Crippen molar-refractivity contribution >= 4 is 11.9 Å². The molecule has 1 aromatic rings. The van der Waals surface area contributed by atoms with Gasteiger partial charge in [0, 0.05) is 19.6 Å². The molecule has 1 amide bonds. The molecule has 2 N–H and O–H groups in total. The molecule has 0 spiro atoms. The lowest BCUT2D eigenvalue weighted by molar-refractivity contribution is -0.138. The van der Waals surface area contributed by atoms with Crippen molar-refractivity contribution < 1.29 is 14.7 Å². The third-order valence-corrected chi connectivity index (χ3v) is 4.24. The van der Waals surface area contributed by atoms with Crippen LogP contribution in [0, 0.1) is 0 Å². The minimum Gasteiger partial charge on any atom is -0.481 e. The molecule has 1 aliphatic heterocycles. The van der Waals surface area contributed by atoms with Gasteiger partial charge in [-0.3, -0.25) is 14.5 Å². The van der Waals surface area contributed by atoms with Gasteiger partial charge in [-0.25, -0.2) is 0 Å². The van der Waals surface area contributed by atoms with Crippen molar-refractivity contribution in [3.05, 3.63) is 35.4 Å². The number of carboxylic acid groups (broad SMARTS) is 1. The van der Waals surface area contributed by atoms with E-state index in [-0.39, 0.29) is 5.91 Å². The fourth-order valence-corrected chi connectivity index (χ4v) is 2.50. The third-order valence-electron chi connectivity index (χ3n) is 4.24. The first kappa shape index (κ1) is 15.5. The lowest BCUT2D eigenvalue weighted by Gasteiger charge is -2.41. The molecular weight excluding hydrogens is 268 g/mol. The van der Waals surface area contributed by atoms with E-state index in [2.05, 4.69) is 10.2 Å². The summed E-state index contributed by atoms with van der Waals surface area (Å²) in [6.45, 7) is 7.67. The topological polar surface area (TPSA) is 69.6 Å². The highest BCUT2D eigenvalue weighted by molar-refractivity contribution is 5.86. The second-order valence-corrected chi connectivity index (χ2v) is 6.04. The number of rotatable bonds is 4. The van der Waals surface area contributed by atoms with Crippen LogP contribution in [0.4, 0.5) is 0 Å². The van der Waals surface area contributed by atoms with E-state index in [1.165, 1.54) is 0 Å². The minimum atomic E-state index is -0.823. The van der Waals surface area contributed by atoms with Gasteiger partial charge < -0.3 is 10.4 Å². The monoisotopic (exact) mass is 290 g/mol. The maximum absolute atomic E-state index is 11.9. The van der Waals surface area contributed by atoms with E-state index >= 15 is 0 Å². The molecule has 21 heavy (non-hydrogen) atoms. The van der Waals surface area contributed by atoms with Crippen LogP contribution >= 0.6 is 0 Å². The normalized spacial score (nSPS) is 19.9. The van der Waals surface area contributed by atoms with Crippen molar-refractivity contribution in [1.29, 1.82) is 0 Å². The summed E-state index contributed by atoms with van der Waals surface area (Å²) < 4.78 is 0. The standard InChI is InChI=1S/C16H22N2O3/c1-11(14(19)20)13-6-4-12(5-7-13)10-18-9-8-17-15(21)16(18,2)3/h4-7,11H,8-10H2,1-3H3,(H,17,21)(H,19,20). The molecule has 114 valence electrons. The largest absolute Gasteiger partial charge is 0.481 e. The molecule has 1 saturated heterocycles. The van der Waals surface area contributed by atoms with Gasteiger partial charge in [-0.2, -0.15) is 0 Å². The van der Waals surface area contributed by atoms with Crippen LogP contribution in [0.3, 0.4) is 0 Å². The van der Waals surface area contributed by atoms with Gasteiger partial charge >= 0.3 is 5.97 Å². The molecule has 0 saturated carbocycles. The summed E-state index contributed by atoms with van der Waals surface area (Å²) in [7, 11) is 0. The van der Waals surface area contributed by atoms with Gasteiger partial charge in [-0.15, -0.1) is 0 Å². The second kappa shape index (κ2) is 5.85. The van der Waals surface area contributed by atoms with E-state index in [9.17, 15) is 9.59 Å². The Hall–Kier alpha value is -1.88. The lowest BCUT2D eigenvalue weighted by atomic mass is 9.96. The predicted molar refractivity (Wildman–Crippen MR) is 80.0 cm³/mol. The molecule has 0 bridgehead atoms. The number of carbonyl (C=O) groups excluding carboxylic acids is 1. The fraction of sp³-hybridized carbons (Fsp3) is 0.500. The number of benzene rings is 1. The van der Waals surface area contributed by atoms with Crippen molar-refractivity contribution in [2.75, 3.05) is 13.1 Å². The summed E-state index contributed by atoms with van der Waals surface area (Å²) in [6.07, 6.45) is 0. The molecule has 5 nitrogen and oxygen atoms in total. The number of piperazine rings is 1. The van der Waals surface area contributed by atoms with Crippen LogP contribution in [0.25, 0.3) is 0 Å². The summed E-state index contributed by atoms with van der Waals surface area (Å²) in [5.41, 5.74) is 1.35. The Labute approximate surface area is 125 Å². The van der Waals surface area contributed by atoms with Crippen LogP contribution in [0.5, 0.6) is 0 Å². The van der Waals surface area contributed by atoms with Crippen LogP contribution in [0.15, 0.2) is 24.3 Å². The van der Waals surface area contributed by atoms with Gasteiger partial charge in [0.15, 0.2) is 0 Å². The number of carboxylic acids is 1. The predicted octanol–water partition coefficient (Wildman–Crippen LogP) is 1.59. The summed E-state index contributed by atoms with van der Waals surface area (Å²) in [4.78, 5) is 25.0. The highest BCUT2D eigenvalue weighted by Crippen LogP contribution is 2.22. The van der Waals surface area contributed by atoms with Crippen LogP contribution < -0.4 is 5.32 Å². The Bertz CT molecular complexity index is 537. The van der Waals surface area contributed by atoms with Crippen LogP contribution in [0.2, 0.25) is 0 Å². The highest BCUT2D eigenvalue weighted by Gasteiger charge is 2.37. The smallest absolute Gasteiger partial charge is 0.310 e. The van der Waals surface area contributed by atoms with Gasteiger partial charge in [0.05, 0.1) is 11.5 Å². The van der Waals surface area contributed by atoms with Gasteiger partial charge in [-0.05, 0) is 31.9 Å². The molecule has 1 heterocycles. The minimum absolute atomic E-state index is 0.0462. The molecule has 1 atom stereocenters. The average Bonchev–Trinajstić information content (AvgIpc) is 2.44. The summed E-state index contributed by atoms with van der Waals surface area (Å²) in [6, 6.07) is 7.59.